The molecule has 0 aromatic heterocycles. The lowest BCUT2D eigenvalue weighted by Gasteiger charge is -2.42. The Kier molecular flexibility index (Phi) is 15.5. The van der Waals surface area contributed by atoms with E-state index in [0.29, 0.717) is 29.2 Å². The molecule has 2 aromatic carbocycles. The largest absolute Gasteiger partial charge is 0.540 e. The molecular weight excluding hydrogens is 775 g/mol. The number of ether oxygens (including phenoxy) is 3. The van der Waals surface area contributed by atoms with Gasteiger partial charge in [-0.25, -0.2) is 19.9 Å². The van der Waals surface area contributed by atoms with E-state index < -0.39 is 56.4 Å². The normalized spacial score (nSPS) is 17.5. The van der Waals surface area contributed by atoms with Gasteiger partial charge in [0.1, 0.15) is 31.0 Å². The van der Waals surface area contributed by atoms with Crippen LogP contribution in [0.15, 0.2) is 60.8 Å². The maximum absolute atomic E-state index is 14.1. The Morgan fingerprint density at radius 3 is 2.14 bits per heavy atom. The third-order valence-corrected chi connectivity index (χ3v) is 17.0. The van der Waals surface area contributed by atoms with E-state index in [-0.39, 0.29) is 52.9 Å². The maximum Gasteiger partial charge on any atom is 0.416 e. The Bertz CT molecular complexity index is 1890. The molecule has 15 nitrogen and oxygen atoms in total. The number of nitrogens with one attached hydrogen (secondary N) is 3. The van der Waals surface area contributed by atoms with E-state index in [2.05, 4.69) is 64.3 Å². The highest BCUT2D eigenvalue weighted by atomic mass is 28.4. The van der Waals surface area contributed by atoms with Gasteiger partial charge in [0.25, 0.3) is 20.0 Å². The van der Waals surface area contributed by atoms with E-state index in [1.807, 2.05) is 6.92 Å². The van der Waals surface area contributed by atoms with E-state index in [0.717, 1.165) is 10.5 Å². The molecule has 4 atom stereocenters. The van der Waals surface area contributed by atoms with E-state index in [1.165, 1.54) is 18.1 Å². The summed E-state index contributed by atoms with van der Waals surface area (Å²) >= 11 is 0. The number of aliphatic hydroxyl groups is 1. The predicted octanol–water partition coefficient (Wildman–Crippen LogP) is 6.59. The van der Waals surface area contributed by atoms with E-state index in [9.17, 15) is 29.1 Å². The zero-order valence-corrected chi connectivity index (χ0v) is 37.1. The fourth-order valence-corrected chi connectivity index (χ4v) is 13.2. The molecule has 322 valence electrons. The number of Topliss-reactive ketones (excluding diaryl/α,β-unsaturated/α-hetero) is 1. The Hall–Kier alpha value is -5.19. The second-order valence-electron chi connectivity index (χ2n) is 16.4. The zero-order chi connectivity index (χ0) is 43.9. The Morgan fingerprint density at radius 2 is 1.58 bits per heavy atom. The number of nitrogens with zero attached hydrogens (tertiary/aromatic N) is 2. The van der Waals surface area contributed by atoms with Crippen molar-refractivity contribution in [3.8, 4) is 11.5 Å². The number of amides is 3. The lowest BCUT2D eigenvalue weighted by molar-refractivity contribution is -0.154. The molecule has 0 aliphatic carbocycles. The molecule has 2 aliphatic rings. The van der Waals surface area contributed by atoms with Crippen molar-refractivity contribution in [2.24, 2.45) is 5.92 Å². The van der Waals surface area contributed by atoms with Crippen LogP contribution in [0.4, 0.5) is 16.2 Å². The van der Waals surface area contributed by atoms with Crippen molar-refractivity contribution in [3.05, 3.63) is 72.0 Å². The Balaban J connectivity index is 1.52. The van der Waals surface area contributed by atoms with Gasteiger partial charge in [0, 0.05) is 18.0 Å². The third kappa shape index (κ3) is 10.2. The average Bonchev–Trinajstić information content (AvgIpc) is 3.56. The monoisotopic (exact) mass is 835 g/mol. The van der Waals surface area contributed by atoms with E-state index in [4.69, 9.17) is 18.6 Å². The summed E-state index contributed by atoms with van der Waals surface area (Å²) in [7, 11) is -1.02. The van der Waals surface area contributed by atoms with Crippen molar-refractivity contribution >= 4 is 49.4 Å². The number of anilines is 2. The number of fused-ring (bicyclic) bond motifs is 2. The molecule has 2 aliphatic heterocycles. The fourth-order valence-electron chi connectivity index (χ4n) is 7.94. The highest BCUT2D eigenvalue weighted by Crippen LogP contribution is 2.47. The van der Waals surface area contributed by atoms with E-state index in [1.54, 1.807) is 63.4 Å². The van der Waals surface area contributed by atoms with Crippen molar-refractivity contribution in [1.29, 1.82) is 0 Å². The summed E-state index contributed by atoms with van der Waals surface area (Å²) in [4.78, 5) is 68.5. The number of methoxy groups -OCH3 is 1. The molecule has 0 radical (unpaired) electrons. The molecule has 0 fully saturated rings. The van der Waals surface area contributed by atoms with Crippen LogP contribution in [-0.4, -0.2) is 86.1 Å². The zero-order valence-electron chi connectivity index (χ0n) is 36.1. The minimum absolute atomic E-state index is 0.119. The molecule has 4 N–H and O–H groups in total. The fraction of sp³-hybridized carbons (Fsp3) is 0.512. The number of rotatable bonds is 18. The number of ketones is 1. The van der Waals surface area contributed by atoms with Crippen molar-refractivity contribution < 1.29 is 47.7 Å². The summed E-state index contributed by atoms with van der Waals surface area (Å²) in [5.41, 5.74) is 8.88. The first-order valence-corrected chi connectivity index (χ1v) is 22.2. The lowest BCUT2D eigenvalue weighted by atomic mass is 9.99. The van der Waals surface area contributed by atoms with Crippen LogP contribution in [0.3, 0.4) is 0 Å². The van der Waals surface area contributed by atoms with Crippen LogP contribution in [0.1, 0.15) is 91.6 Å². The first-order chi connectivity index (χ1) is 27.8. The second-order valence-corrected chi connectivity index (χ2v) is 21.8. The molecule has 0 saturated carbocycles. The summed E-state index contributed by atoms with van der Waals surface area (Å²) < 4.78 is 23.5. The highest BCUT2D eigenvalue weighted by Gasteiger charge is 2.49. The highest BCUT2D eigenvalue weighted by molar-refractivity contribution is 6.78. The van der Waals surface area contributed by atoms with Crippen LogP contribution in [0, 0.1) is 5.92 Å². The standard InChI is InChI=1S/C43H61N5O10Si/c1-13-18-56-42(53)38(49)37(24(2)3)44-39(50)29(11)45-46-31-16-14-30(15-17-31)23-57-43(54)48-33-21-36(58-59(25(4)5,26(6)7)27(8)9)35(55-12)20-32(33)40(51)47-22-28(10)19-34(47)41(48)52/h13-17,20-22,24-27,29,34,37,41,45-46,52H,1,18-19,23H2,2-12H3,(H,44,50)/t29-,34-,37-,41-/m0/s1. The number of carbonyl (C=O) groups is 5. The smallest absolute Gasteiger partial charge is 0.416 e. The lowest BCUT2D eigenvalue weighted by Crippen LogP contribution is -2.53. The molecule has 0 unspecified atom stereocenters. The van der Waals surface area contributed by atoms with E-state index >= 15 is 0 Å². The topological polar surface area (TPSA) is 185 Å². The number of benzene rings is 2. The molecule has 2 heterocycles. The summed E-state index contributed by atoms with van der Waals surface area (Å²) in [6, 6.07) is 7.43. The molecule has 59 heavy (non-hydrogen) atoms. The maximum atomic E-state index is 14.1. The summed E-state index contributed by atoms with van der Waals surface area (Å²) in [6.45, 7) is 23.0. The van der Waals surface area contributed by atoms with Crippen LogP contribution >= 0.6 is 0 Å². The Morgan fingerprint density at radius 1 is 0.949 bits per heavy atom. The van der Waals surface area contributed by atoms with Crippen LogP contribution in [0.25, 0.3) is 0 Å². The third-order valence-electron chi connectivity index (χ3n) is 11.0. The first kappa shape index (κ1) is 46.5. The van der Waals surface area contributed by atoms with Gasteiger partial charge in [0.15, 0.2) is 12.0 Å². The summed E-state index contributed by atoms with van der Waals surface area (Å²) in [6.07, 6.45) is 1.11. The second kappa shape index (κ2) is 19.7. The number of esters is 1. The van der Waals surface area contributed by atoms with Crippen LogP contribution in [-0.2, 0) is 30.5 Å². The minimum atomic E-state index is -2.54. The minimum Gasteiger partial charge on any atom is -0.540 e. The van der Waals surface area contributed by atoms with Gasteiger partial charge in [-0.2, -0.15) is 0 Å². The molecular formula is C43H61N5O10Si. The van der Waals surface area contributed by atoms with Gasteiger partial charge >= 0.3 is 12.1 Å². The van der Waals surface area contributed by atoms with Gasteiger partial charge in [-0.3, -0.25) is 14.4 Å². The summed E-state index contributed by atoms with van der Waals surface area (Å²) in [5.74, 6) is -2.44. The van der Waals surface area contributed by atoms with Crippen LogP contribution in [0.2, 0.25) is 16.6 Å². The van der Waals surface area contributed by atoms with Crippen molar-refractivity contribution in [1.82, 2.24) is 15.6 Å². The van der Waals surface area contributed by atoms with Gasteiger partial charge in [0.2, 0.25) is 5.91 Å². The van der Waals surface area contributed by atoms with Crippen molar-refractivity contribution in [2.75, 3.05) is 24.0 Å². The van der Waals surface area contributed by atoms with Gasteiger partial charge in [0.05, 0.1) is 24.4 Å². The quantitative estimate of drug-likeness (QED) is 0.0416. The van der Waals surface area contributed by atoms with Gasteiger partial charge < -0.3 is 39.4 Å². The first-order valence-electron chi connectivity index (χ1n) is 20.1. The predicted molar refractivity (Wildman–Crippen MR) is 227 cm³/mol. The molecule has 2 aromatic rings. The SMILES string of the molecule is C=CCOC(=O)C(=O)[C@@H](NC(=O)[C@H](C)NNc1ccc(COC(=O)N2c3cc(O[Si](C(C)C)(C(C)C)C(C)C)c(OC)cc3C(=O)N3C=C(C)C[C@H]3[C@@H]2O)cc1)C(C)C. The number of hydrazine groups is 1. The van der Waals surface area contributed by atoms with Crippen LogP contribution < -0.4 is 30.2 Å². The molecule has 16 heteroatoms. The van der Waals surface area contributed by atoms with Gasteiger partial charge in [-0.05, 0) is 66.6 Å². The van der Waals surface area contributed by atoms with Crippen LogP contribution in [0.5, 0.6) is 11.5 Å². The molecule has 3 amide bonds. The molecule has 4 rings (SSSR count). The molecule has 0 bridgehead atoms. The molecule has 0 spiro atoms. The van der Waals surface area contributed by atoms with Crippen molar-refractivity contribution in [3.63, 3.8) is 0 Å². The van der Waals surface area contributed by atoms with Gasteiger partial charge in [-0.1, -0.05) is 85.8 Å². The number of aliphatic hydroxyl groups excluding tert-OH is 1. The van der Waals surface area contributed by atoms with Crippen molar-refractivity contribution in [2.45, 2.75) is 123 Å². The van der Waals surface area contributed by atoms with Gasteiger partial charge in [-0.15, -0.1) is 0 Å². The number of hydrogen-bond donors (Lipinski definition) is 4. The molecule has 0 saturated heterocycles. The number of hydrogen-bond acceptors (Lipinski definition) is 12. The average molecular weight is 836 g/mol. The Labute approximate surface area is 348 Å². The number of carbonyl (C=O) groups excluding carboxylic acids is 5. The summed E-state index contributed by atoms with van der Waals surface area (Å²) in [5, 5.41) is 14.5.